The molecule has 4 N–H and O–H groups in total. The van der Waals surface area contributed by atoms with Gasteiger partial charge in [0.25, 0.3) is 0 Å². The van der Waals surface area contributed by atoms with Crippen LogP contribution in [0.2, 0.25) is 5.02 Å². The molecule has 2 heterocycles. The summed E-state index contributed by atoms with van der Waals surface area (Å²) in [6.45, 7) is 6.37. The van der Waals surface area contributed by atoms with Crippen molar-refractivity contribution in [2.24, 2.45) is 0 Å². The number of hydrogen-bond acceptors (Lipinski definition) is 7. The van der Waals surface area contributed by atoms with E-state index in [1.165, 1.54) is 6.92 Å². The molecular weight excluding hydrogens is 362 g/mol. The number of halogens is 1. The Morgan fingerprint density at radius 3 is 2.30 bits per heavy atom. The first-order valence-corrected chi connectivity index (χ1v) is 8.75. The second kappa shape index (κ2) is 9.01. The van der Waals surface area contributed by atoms with Crippen LogP contribution in [-0.4, -0.2) is 21.0 Å². The predicted molar refractivity (Wildman–Crippen MR) is 110 cm³/mol. The van der Waals surface area contributed by atoms with Crippen LogP contribution in [-0.2, 0) is 6.54 Å². The zero-order valence-electron chi connectivity index (χ0n) is 15.5. The number of pyridine rings is 1. The van der Waals surface area contributed by atoms with Crippen LogP contribution in [0.3, 0.4) is 0 Å². The van der Waals surface area contributed by atoms with E-state index in [1.807, 2.05) is 36.4 Å². The van der Waals surface area contributed by atoms with Crippen LogP contribution >= 0.6 is 11.6 Å². The molecule has 0 bridgehead atoms. The summed E-state index contributed by atoms with van der Waals surface area (Å²) in [6.07, 6.45) is 0. The fourth-order valence-corrected chi connectivity index (χ4v) is 2.65. The average molecular weight is 384 g/mol. The third-order valence-corrected chi connectivity index (χ3v) is 4.01. The Bertz CT molecular complexity index is 949. The van der Waals surface area contributed by atoms with Crippen LogP contribution in [0.5, 0.6) is 0 Å². The number of anilines is 3. The van der Waals surface area contributed by atoms with E-state index in [-0.39, 0.29) is 17.8 Å². The molecule has 0 aliphatic carbocycles. The third-order valence-electron chi connectivity index (χ3n) is 3.76. The molecule has 0 saturated heterocycles. The molecule has 3 rings (SSSR count). The van der Waals surface area contributed by atoms with Gasteiger partial charge in [0.2, 0.25) is 5.95 Å². The molecule has 0 aliphatic rings. The number of rotatable bonds is 4. The molecule has 27 heavy (non-hydrogen) atoms. The number of aromatic nitrogens is 3. The van der Waals surface area contributed by atoms with Crippen LogP contribution in [0.4, 0.5) is 17.6 Å². The largest absolute Gasteiger partial charge is 0.382 e. The molecule has 0 atom stereocenters. The van der Waals surface area contributed by atoms with Gasteiger partial charge in [-0.2, -0.15) is 10.2 Å². The van der Waals surface area contributed by atoms with Gasteiger partial charge in [-0.1, -0.05) is 23.7 Å². The Hall–Kier alpha value is -3.11. The molecule has 2 aromatic heterocycles. The summed E-state index contributed by atoms with van der Waals surface area (Å²) >= 11 is 5.96. The van der Waals surface area contributed by atoms with Gasteiger partial charge in [0, 0.05) is 24.5 Å². The summed E-state index contributed by atoms with van der Waals surface area (Å²) in [6, 6.07) is 13.6. The topological polar surface area (TPSA) is 118 Å². The third kappa shape index (κ3) is 5.19. The van der Waals surface area contributed by atoms with Crippen molar-refractivity contribution in [2.75, 3.05) is 16.4 Å². The van der Waals surface area contributed by atoms with Crippen molar-refractivity contribution in [3.05, 3.63) is 47.0 Å². The highest BCUT2D eigenvalue weighted by Gasteiger charge is 2.15. The quantitative estimate of drug-likeness (QED) is 0.703. The number of nitrogens with zero attached hydrogens (tertiary/aromatic N) is 5. The van der Waals surface area contributed by atoms with Gasteiger partial charge >= 0.3 is 0 Å². The molecule has 0 saturated carbocycles. The lowest BCUT2D eigenvalue weighted by molar-refractivity contribution is 0.674. The number of nitriles is 1. The van der Waals surface area contributed by atoms with Crippen LogP contribution in [0.25, 0.3) is 11.0 Å². The van der Waals surface area contributed by atoms with Crippen LogP contribution in [0.15, 0.2) is 36.4 Å². The molecule has 8 heteroatoms. The minimum Gasteiger partial charge on any atom is -0.382 e. The van der Waals surface area contributed by atoms with Gasteiger partial charge in [-0.3, -0.25) is 0 Å². The van der Waals surface area contributed by atoms with Gasteiger partial charge in [-0.05, 0) is 43.7 Å². The molecule has 0 aliphatic heterocycles. The Balaban J connectivity index is 0.000000817. The predicted octanol–water partition coefficient (Wildman–Crippen LogP) is 3.79. The molecule has 7 nitrogen and oxygen atoms in total. The zero-order chi connectivity index (χ0) is 20.0. The second-order valence-electron chi connectivity index (χ2n) is 6.08. The summed E-state index contributed by atoms with van der Waals surface area (Å²) in [7, 11) is 0. The number of nitrogens with two attached hydrogens (primary N) is 2. The highest BCUT2D eigenvalue weighted by Crippen LogP contribution is 2.24. The minimum absolute atomic E-state index is 0.149. The fourth-order valence-electron chi connectivity index (χ4n) is 2.52. The van der Waals surface area contributed by atoms with Gasteiger partial charge in [0.1, 0.15) is 11.3 Å². The average Bonchev–Trinajstić information content (AvgIpc) is 2.61. The lowest BCUT2D eigenvalue weighted by Crippen LogP contribution is -2.31. The molecule has 0 spiro atoms. The van der Waals surface area contributed by atoms with Crippen molar-refractivity contribution in [3.8, 4) is 6.07 Å². The lowest BCUT2D eigenvalue weighted by atomic mass is 10.2. The SMILES string of the molecule is CC#N.CC(C)N(Cc1ccc(Cl)cc1)c1ccc2nc(N)nc(N)c2n1. The van der Waals surface area contributed by atoms with Gasteiger partial charge in [0.05, 0.1) is 11.6 Å². The van der Waals surface area contributed by atoms with Crippen molar-refractivity contribution in [1.29, 1.82) is 5.26 Å². The first-order valence-electron chi connectivity index (χ1n) is 8.37. The smallest absolute Gasteiger partial charge is 0.222 e. The summed E-state index contributed by atoms with van der Waals surface area (Å²) in [5, 5.41) is 8.04. The Kier molecular flexibility index (Phi) is 6.74. The Morgan fingerprint density at radius 2 is 1.70 bits per heavy atom. The number of hydrogen-bond donors (Lipinski definition) is 2. The van der Waals surface area contributed by atoms with E-state index in [1.54, 1.807) is 6.07 Å². The maximum Gasteiger partial charge on any atom is 0.222 e. The van der Waals surface area contributed by atoms with Gasteiger partial charge in [0.15, 0.2) is 5.82 Å². The van der Waals surface area contributed by atoms with E-state index in [2.05, 4.69) is 33.7 Å². The Labute approximate surface area is 163 Å². The van der Waals surface area contributed by atoms with Gasteiger partial charge in [-0.15, -0.1) is 0 Å². The first-order chi connectivity index (χ1) is 12.8. The summed E-state index contributed by atoms with van der Waals surface area (Å²) in [5.41, 5.74) is 13.9. The summed E-state index contributed by atoms with van der Waals surface area (Å²) < 4.78 is 0. The number of nitrogen functional groups attached to an aromatic ring is 2. The van der Waals surface area contributed by atoms with Crippen LogP contribution in [0, 0.1) is 11.3 Å². The van der Waals surface area contributed by atoms with E-state index in [0.717, 1.165) is 16.4 Å². The molecule has 0 fully saturated rings. The first kappa shape index (κ1) is 20.2. The summed E-state index contributed by atoms with van der Waals surface area (Å²) in [5.74, 6) is 1.25. The Morgan fingerprint density at radius 1 is 1.07 bits per heavy atom. The van der Waals surface area contributed by atoms with Crippen molar-refractivity contribution in [2.45, 2.75) is 33.4 Å². The normalized spacial score (nSPS) is 10.2. The highest BCUT2D eigenvalue weighted by atomic mass is 35.5. The van der Waals surface area contributed by atoms with E-state index in [0.29, 0.717) is 17.6 Å². The molecular formula is C19H22ClN7. The van der Waals surface area contributed by atoms with Crippen molar-refractivity contribution in [3.63, 3.8) is 0 Å². The molecule has 0 unspecified atom stereocenters. The molecule has 1 aromatic carbocycles. The monoisotopic (exact) mass is 383 g/mol. The van der Waals surface area contributed by atoms with E-state index < -0.39 is 0 Å². The fraction of sp³-hybridized carbons (Fsp3) is 0.263. The molecule has 3 aromatic rings. The second-order valence-corrected chi connectivity index (χ2v) is 6.51. The standard InChI is InChI=1S/C17H19ClN6.C2H3N/c1-10(2)24(9-11-3-5-12(18)6-4-11)14-8-7-13-15(22-14)16(19)23-17(20)21-13;1-2-3/h3-8,10H,9H2,1-2H3,(H4,19,20,21,23);1H3. The minimum atomic E-state index is 0.149. The maximum absolute atomic E-state index is 7.32. The van der Waals surface area contributed by atoms with Crippen molar-refractivity contribution in [1.82, 2.24) is 15.0 Å². The van der Waals surface area contributed by atoms with Gasteiger partial charge < -0.3 is 16.4 Å². The maximum atomic E-state index is 7.32. The van der Waals surface area contributed by atoms with Crippen LogP contribution < -0.4 is 16.4 Å². The molecule has 140 valence electrons. The zero-order valence-corrected chi connectivity index (χ0v) is 16.3. The van der Waals surface area contributed by atoms with Crippen LogP contribution in [0.1, 0.15) is 26.3 Å². The van der Waals surface area contributed by atoms with E-state index in [4.69, 9.17) is 28.3 Å². The summed E-state index contributed by atoms with van der Waals surface area (Å²) in [4.78, 5) is 15.0. The highest BCUT2D eigenvalue weighted by molar-refractivity contribution is 6.30. The number of benzene rings is 1. The van der Waals surface area contributed by atoms with E-state index in [9.17, 15) is 0 Å². The van der Waals surface area contributed by atoms with Crippen molar-refractivity contribution < 1.29 is 0 Å². The molecule has 0 amide bonds. The van der Waals surface area contributed by atoms with Crippen molar-refractivity contribution >= 4 is 40.2 Å². The lowest BCUT2D eigenvalue weighted by Gasteiger charge is -2.28. The van der Waals surface area contributed by atoms with E-state index >= 15 is 0 Å². The van der Waals surface area contributed by atoms with Gasteiger partial charge in [-0.25, -0.2) is 9.97 Å². The number of fused-ring (bicyclic) bond motifs is 1. The molecule has 0 radical (unpaired) electrons.